The van der Waals surface area contributed by atoms with Gasteiger partial charge in [-0.15, -0.1) is 10.2 Å². The monoisotopic (exact) mass is 339 g/mol. The van der Waals surface area contributed by atoms with Gasteiger partial charge in [0.25, 0.3) is 0 Å². The van der Waals surface area contributed by atoms with Crippen LogP contribution in [0.25, 0.3) is 11.5 Å². The summed E-state index contributed by atoms with van der Waals surface area (Å²) in [7, 11) is 0. The molecule has 4 rings (SSSR count). The number of aromatic nitrogens is 2. The Bertz CT molecular complexity index is 807. The van der Waals surface area contributed by atoms with Gasteiger partial charge in [0.2, 0.25) is 5.88 Å². The van der Waals surface area contributed by atoms with Crippen LogP contribution in [0.15, 0.2) is 57.8 Å². The molecule has 25 heavy (non-hydrogen) atoms. The average Bonchev–Trinajstić information content (AvgIpc) is 3.36. The van der Waals surface area contributed by atoms with Gasteiger partial charge in [0.1, 0.15) is 5.69 Å². The van der Waals surface area contributed by atoms with Crippen LogP contribution >= 0.6 is 0 Å². The van der Waals surface area contributed by atoms with Gasteiger partial charge >= 0.3 is 6.03 Å². The summed E-state index contributed by atoms with van der Waals surface area (Å²) in [6, 6.07) is 10.8. The maximum absolute atomic E-state index is 12.2. The number of urea groups is 1. The molecule has 1 fully saturated rings. The minimum Gasteiger partial charge on any atom is -0.463 e. The molecule has 0 spiro atoms. The van der Waals surface area contributed by atoms with E-state index in [0.29, 0.717) is 43.5 Å². The van der Waals surface area contributed by atoms with Gasteiger partial charge in [-0.05, 0) is 30.3 Å². The Morgan fingerprint density at radius 3 is 2.40 bits per heavy atom. The zero-order valence-corrected chi connectivity index (χ0v) is 13.5. The van der Waals surface area contributed by atoms with Crippen LogP contribution in [-0.4, -0.2) is 47.3 Å². The fourth-order valence-corrected chi connectivity index (χ4v) is 2.72. The molecule has 8 heteroatoms. The molecule has 8 nitrogen and oxygen atoms in total. The number of piperazine rings is 1. The summed E-state index contributed by atoms with van der Waals surface area (Å²) in [5, 5.41) is 11.2. The first-order valence-electron chi connectivity index (χ1n) is 8.01. The van der Waals surface area contributed by atoms with E-state index in [1.165, 1.54) is 6.26 Å². The van der Waals surface area contributed by atoms with Gasteiger partial charge < -0.3 is 18.6 Å². The van der Waals surface area contributed by atoms with Gasteiger partial charge in [-0.1, -0.05) is 0 Å². The van der Waals surface area contributed by atoms with Gasteiger partial charge in [0.15, 0.2) is 11.6 Å². The van der Waals surface area contributed by atoms with Crippen LogP contribution in [0.5, 0.6) is 0 Å². The van der Waals surface area contributed by atoms with E-state index in [1.54, 1.807) is 23.3 Å². The lowest BCUT2D eigenvalue weighted by atomic mass is 10.3. The van der Waals surface area contributed by atoms with Crippen molar-refractivity contribution >= 4 is 17.7 Å². The van der Waals surface area contributed by atoms with Gasteiger partial charge in [0, 0.05) is 32.2 Å². The summed E-state index contributed by atoms with van der Waals surface area (Å²) in [6.45, 7) is 2.60. The number of furan rings is 2. The smallest absolute Gasteiger partial charge is 0.324 e. The SMILES string of the molecule is O=C(Nc1ccco1)N1CCN(c2ccc(-c3ccco3)nn2)CC1. The van der Waals surface area contributed by atoms with E-state index in [4.69, 9.17) is 8.83 Å². The van der Waals surface area contributed by atoms with E-state index in [9.17, 15) is 4.79 Å². The molecule has 128 valence electrons. The van der Waals surface area contributed by atoms with Crippen molar-refractivity contribution in [3.63, 3.8) is 0 Å². The average molecular weight is 339 g/mol. The molecule has 1 saturated heterocycles. The second-order valence-electron chi connectivity index (χ2n) is 5.64. The Balaban J connectivity index is 1.34. The predicted molar refractivity (Wildman–Crippen MR) is 91.2 cm³/mol. The van der Waals surface area contributed by atoms with Gasteiger partial charge in [-0.2, -0.15) is 0 Å². The largest absolute Gasteiger partial charge is 0.463 e. The van der Waals surface area contributed by atoms with Gasteiger partial charge in [-0.3, -0.25) is 5.32 Å². The first kappa shape index (κ1) is 15.3. The third-order valence-corrected chi connectivity index (χ3v) is 4.07. The topological polar surface area (TPSA) is 87.6 Å². The zero-order chi connectivity index (χ0) is 17.1. The van der Waals surface area contributed by atoms with Crippen LogP contribution in [0, 0.1) is 0 Å². The van der Waals surface area contributed by atoms with E-state index in [1.807, 2.05) is 24.3 Å². The van der Waals surface area contributed by atoms with E-state index in [0.717, 1.165) is 5.82 Å². The molecule has 0 bridgehead atoms. The molecule has 0 aliphatic carbocycles. The molecule has 2 amide bonds. The molecule has 1 N–H and O–H groups in total. The Hall–Kier alpha value is -3.29. The first-order valence-corrected chi connectivity index (χ1v) is 8.01. The van der Waals surface area contributed by atoms with Crippen LogP contribution in [0.2, 0.25) is 0 Å². The molecule has 0 radical (unpaired) electrons. The molecule has 1 aliphatic rings. The number of carbonyl (C=O) groups excluding carboxylic acids is 1. The molecule has 0 saturated carbocycles. The van der Waals surface area contributed by atoms with E-state index in [2.05, 4.69) is 20.4 Å². The second-order valence-corrected chi connectivity index (χ2v) is 5.64. The lowest BCUT2D eigenvalue weighted by Crippen LogP contribution is -2.50. The third kappa shape index (κ3) is 3.32. The highest BCUT2D eigenvalue weighted by Gasteiger charge is 2.22. The summed E-state index contributed by atoms with van der Waals surface area (Å²) >= 11 is 0. The molecule has 3 aromatic heterocycles. The van der Waals surface area contributed by atoms with E-state index >= 15 is 0 Å². The van der Waals surface area contributed by atoms with Crippen LogP contribution in [0.4, 0.5) is 16.5 Å². The quantitative estimate of drug-likeness (QED) is 0.789. The fraction of sp³-hybridized carbons (Fsp3) is 0.235. The molecule has 3 aromatic rings. The second kappa shape index (κ2) is 6.68. The molecule has 0 unspecified atom stereocenters. The highest BCUT2D eigenvalue weighted by Crippen LogP contribution is 2.19. The summed E-state index contributed by atoms with van der Waals surface area (Å²) in [5.74, 6) is 1.94. The number of carbonyl (C=O) groups is 1. The van der Waals surface area contributed by atoms with Crippen LogP contribution < -0.4 is 10.2 Å². The molecule has 0 aromatic carbocycles. The maximum Gasteiger partial charge on any atom is 0.324 e. The van der Waals surface area contributed by atoms with Crippen LogP contribution in [-0.2, 0) is 0 Å². The van der Waals surface area contributed by atoms with E-state index < -0.39 is 0 Å². The lowest BCUT2D eigenvalue weighted by Gasteiger charge is -2.34. The van der Waals surface area contributed by atoms with Gasteiger partial charge in [0.05, 0.1) is 12.5 Å². The fourth-order valence-electron chi connectivity index (χ4n) is 2.72. The number of nitrogens with zero attached hydrogens (tertiary/aromatic N) is 4. The highest BCUT2D eigenvalue weighted by molar-refractivity contribution is 5.88. The standard InChI is InChI=1S/C17H17N5O3/c23-17(18-16-4-2-12-25-16)22-9-7-21(8-10-22)15-6-5-13(19-20-15)14-3-1-11-24-14/h1-6,11-12H,7-10H2,(H,18,23). The predicted octanol–water partition coefficient (Wildman–Crippen LogP) is 2.68. The number of amides is 2. The van der Waals surface area contributed by atoms with Crippen molar-refractivity contribution < 1.29 is 13.6 Å². The summed E-state index contributed by atoms with van der Waals surface area (Å²) in [5.41, 5.74) is 0.699. The first-order chi connectivity index (χ1) is 12.3. The molecular weight excluding hydrogens is 322 g/mol. The molecule has 0 atom stereocenters. The minimum absolute atomic E-state index is 0.158. The van der Waals surface area contributed by atoms with Crippen molar-refractivity contribution in [2.24, 2.45) is 0 Å². The van der Waals surface area contributed by atoms with Crippen molar-refractivity contribution in [2.45, 2.75) is 0 Å². The lowest BCUT2D eigenvalue weighted by molar-refractivity contribution is 0.207. The number of hydrogen-bond donors (Lipinski definition) is 1. The summed E-state index contributed by atoms with van der Waals surface area (Å²) in [6.07, 6.45) is 3.14. The maximum atomic E-state index is 12.2. The Kier molecular flexibility index (Phi) is 4.07. The summed E-state index contributed by atoms with van der Waals surface area (Å²) < 4.78 is 10.4. The number of anilines is 2. The molecular formula is C17H17N5O3. The van der Waals surface area contributed by atoms with Crippen molar-refractivity contribution in [2.75, 3.05) is 36.4 Å². The van der Waals surface area contributed by atoms with Crippen molar-refractivity contribution in [3.8, 4) is 11.5 Å². The minimum atomic E-state index is -0.158. The molecule has 1 aliphatic heterocycles. The highest BCUT2D eigenvalue weighted by atomic mass is 16.3. The van der Waals surface area contributed by atoms with Crippen molar-refractivity contribution in [1.29, 1.82) is 0 Å². The number of rotatable bonds is 3. The summed E-state index contributed by atoms with van der Waals surface area (Å²) in [4.78, 5) is 16.0. The Labute approximate surface area is 144 Å². The van der Waals surface area contributed by atoms with E-state index in [-0.39, 0.29) is 6.03 Å². The molecule has 4 heterocycles. The third-order valence-electron chi connectivity index (χ3n) is 4.07. The Morgan fingerprint density at radius 2 is 1.76 bits per heavy atom. The van der Waals surface area contributed by atoms with Crippen LogP contribution in [0.3, 0.4) is 0 Å². The van der Waals surface area contributed by atoms with Crippen molar-refractivity contribution in [3.05, 3.63) is 48.9 Å². The zero-order valence-electron chi connectivity index (χ0n) is 13.5. The number of nitrogens with one attached hydrogen (secondary N) is 1. The van der Waals surface area contributed by atoms with Crippen LogP contribution in [0.1, 0.15) is 0 Å². The van der Waals surface area contributed by atoms with Crippen molar-refractivity contribution in [1.82, 2.24) is 15.1 Å². The normalized spacial score (nSPS) is 14.6. The Morgan fingerprint density at radius 1 is 0.960 bits per heavy atom. The number of hydrogen-bond acceptors (Lipinski definition) is 6. The van der Waals surface area contributed by atoms with Gasteiger partial charge in [-0.25, -0.2) is 4.79 Å².